The monoisotopic (exact) mass is 287 g/mol. The number of carbonyl (C=O) groups excluding carboxylic acids is 2. The molecule has 1 aromatic carbocycles. The summed E-state index contributed by atoms with van der Waals surface area (Å²) in [6, 6.07) is 7.76. The van der Waals surface area contributed by atoms with Gasteiger partial charge in [0.25, 0.3) is 0 Å². The fourth-order valence-corrected chi connectivity index (χ4v) is 2.70. The predicted octanol–water partition coefficient (Wildman–Crippen LogP) is 0.516. The van der Waals surface area contributed by atoms with Crippen LogP contribution >= 0.6 is 0 Å². The Balaban J connectivity index is 1.48. The zero-order chi connectivity index (χ0) is 14.7. The smallest absolute Gasteiger partial charge is 0.241 e. The first-order valence-corrected chi connectivity index (χ1v) is 7.62. The Morgan fingerprint density at radius 2 is 1.81 bits per heavy atom. The lowest BCUT2D eigenvalue weighted by Gasteiger charge is -2.26. The molecule has 21 heavy (non-hydrogen) atoms. The van der Waals surface area contributed by atoms with Crippen molar-refractivity contribution in [2.24, 2.45) is 5.92 Å². The Morgan fingerprint density at radius 3 is 2.57 bits per heavy atom. The van der Waals surface area contributed by atoms with Crippen LogP contribution in [0.2, 0.25) is 0 Å². The van der Waals surface area contributed by atoms with Crippen LogP contribution in [0.25, 0.3) is 0 Å². The number of nitrogens with one attached hydrogen (secondary N) is 3. The van der Waals surface area contributed by atoms with Crippen molar-refractivity contribution in [1.82, 2.24) is 16.0 Å². The molecule has 1 heterocycles. The zero-order valence-electron chi connectivity index (χ0n) is 12.0. The summed E-state index contributed by atoms with van der Waals surface area (Å²) in [5, 5.41) is 8.99. The minimum atomic E-state index is -0.283. The van der Waals surface area contributed by atoms with E-state index >= 15 is 0 Å². The molecule has 1 aliphatic heterocycles. The van der Waals surface area contributed by atoms with Gasteiger partial charge in [-0.05, 0) is 30.4 Å². The maximum Gasteiger partial charge on any atom is 0.241 e. The summed E-state index contributed by atoms with van der Waals surface area (Å²) in [4.78, 5) is 23.7. The first-order valence-electron chi connectivity index (χ1n) is 7.62. The van der Waals surface area contributed by atoms with Crippen LogP contribution in [0.1, 0.15) is 30.0 Å². The van der Waals surface area contributed by atoms with Crippen LogP contribution in [-0.4, -0.2) is 31.4 Å². The molecule has 0 aromatic heterocycles. The molecule has 112 valence electrons. The molecule has 5 heteroatoms. The van der Waals surface area contributed by atoms with Crippen LogP contribution in [0.15, 0.2) is 24.3 Å². The number of fused-ring (bicyclic) bond motifs is 1. The third kappa shape index (κ3) is 3.42. The molecule has 2 amide bonds. The van der Waals surface area contributed by atoms with Crippen molar-refractivity contribution in [3.8, 4) is 0 Å². The van der Waals surface area contributed by atoms with Gasteiger partial charge in [0.2, 0.25) is 11.8 Å². The summed E-state index contributed by atoms with van der Waals surface area (Å²) in [7, 11) is 0. The molecule has 1 atom stereocenters. The quantitative estimate of drug-likeness (QED) is 0.691. The maximum atomic E-state index is 12.3. The zero-order valence-corrected chi connectivity index (χ0v) is 12.0. The second kappa shape index (κ2) is 6.26. The number of rotatable bonds is 5. The Kier molecular flexibility index (Phi) is 4.20. The van der Waals surface area contributed by atoms with Gasteiger partial charge in [0.05, 0.1) is 0 Å². The second-order valence-corrected chi connectivity index (χ2v) is 5.69. The Bertz CT molecular complexity index is 540. The van der Waals surface area contributed by atoms with Crippen molar-refractivity contribution in [2.45, 2.75) is 25.3 Å². The summed E-state index contributed by atoms with van der Waals surface area (Å²) in [6.07, 6.45) is 2.96. The van der Waals surface area contributed by atoms with Crippen LogP contribution in [-0.2, 0) is 16.0 Å². The summed E-state index contributed by atoms with van der Waals surface area (Å²) >= 11 is 0. The number of amides is 2. The highest BCUT2D eigenvalue weighted by molar-refractivity contribution is 5.84. The van der Waals surface area contributed by atoms with Gasteiger partial charge in [-0.3, -0.25) is 9.59 Å². The lowest BCUT2D eigenvalue weighted by atomic mass is 9.94. The largest absolute Gasteiger partial charge is 0.354 e. The normalized spacial score (nSPS) is 20.5. The van der Waals surface area contributed by atoms with E-state index in [0.717, 1.165) is 31.4 Å². The van der Waals surface area contributed by atoms with E-state index in [1.165, 1.54) is 5.56 Å². The number of benzene rings is 1. The number of hydrogen-bond donors (Lipinski definition) is 3. The van der Waals surface area contributed by atoms with E-state index in [9.17, 15) is 9.59 Å². The molecular formula is C16H21N3O2. The highest BCUT2D eigenvalue weighted by atomic mass is 16.2. The lowest BCUT2D eigenvalue weighted by Crippen LogP contribution is -2.43. The van der Waals surface area contributed by atoms with E-state index in [0.29, 0.717) is 13.1 Å². The highest BCUT2D eigenvalue weighted by Gasteiger charge is 2.29. The van der Waals surface area contributed by atoms with Gasteiger partial charge in [0.1, 0.15) is 6.04 Å². The molecule has 0 radical (unpaired) electrons. The summed E-state index contributed by atoms with van der Waals surface area (Å²) < 4.78 is 0. The van der Waals surface area contributed by atoms with Crippen molar-refractivity contribution < 1.29 is 9.59 Å². The Labute approximate surface area is 124 Å². The van der Waals surface area contributed by atoms with Crippen LogP contribution in [0.5, 0.6) is 0 Å². The van der Waals surface area contributed by atoms with Crippen LogP contribution in [0.4, 0.5) is 0 Å². The van der Waals surface area contributed by atoms with Crippen molar-refractivity contribution in [3.05, 3.63) is 35.4 Å². The standard InChI is InChI=1S/C16H21N3O2/c20-15(12-5-6-12)18-9-10-19-16(21)14-13-4-2-1-3-11(13)7-8-17-14/h1-4,12,14,17H,5-10H2,(H,18,20)(H,19,21). The molecule has 3 N–H and O–H groups in total. The number of hydrogen-bond acceptors (Lipinski definition) is 3. The van der Waals surface area contributed by atoms with Gasteiger partial charge >= 0.3 is 0 Å². The van der Waals surface area contributed by atoms with E-state index in [2.05, 4.69) is 22.0 Å². The average molecular weight is 287 g/mol. The van der Waals surface area contributed by atoms with E-state index in [1.807, 2.05) is 18.2 Å². The topological polar surface area (TPSA) is 70.2 Å². The van der Waals surface area contributed by atoms with Gasteiger partial charge in [-0.1, -0.05) is 24.3 Å². The molecule has 0 bridgehead atoms. The summed E-state index contributed by atoms with van der Waals surface area (Å²) in [5.41, 5.74) is 2.29. The molecule has 1 aliphatic carbocycles. The minimum absolute atomic E-state index is 0.0252. The SMILES string of the molecule is O=C(NCCNC(=O)C1NCCc2ccccc21)C1CC1. The van der Waals surface area contributed by atoms with Gasteiger partial charge in [0, 0.05) is 25.6 Å². The van der Waals surface area contributed by atoms with Crippen LogP contribution in [0, 0.1) is 5.92 Å². The van der Waals surface area contributed by atoms with Crippen molar-refractivity contribution in [3.63, 3.8) is 0 Å². The predicted molar refractivity (Wildman–Crippen MR) is 79.6 cm³/mol. The van der Waals surface area contributed by atoms with Gasteiger partial charge < -0.3 is 16.0 Å². The lowest BCUT2D eigenvalue weighted by molar-refractivity contribution is -0.124. The molecule has 0 spiro atoms. The molecule has 3 rings (SSSR count). The molecule has 1 saturated carbocycles. The average Bonchev–Trinajstić information content (AvgIpc) is 3.35. The van der Waals surface area contributed by atoms with Crippen molar-refractivity contribution in [2.75, 3.05) is 19.6 Å². The fraction of sp³-hybridized carbons (Fsp3) is 0.500. The Morgan fingerprint density at radius 1 is 1.10 bits per heavy atom. The third-order valence-electron chi connectivity index (χ3n) is 4.04. The highest BCUT2D eigenvalue weighted by Crippen LogP contribution is 2.28. The van der Waals surface area contributed by atoms with Gasteiger partial charge in [-0.25, -0.2) is 0 Å². The first-order chi connectivity index (χ1) is 10.3. The van der Waals surface area contributed by atoms with E-state index < -0.39 is 0 Å². The maximum absolute atomic E-state index is 12.3. The van der Waals surface area contributed by atoms with E-state index in [4.69, 9.17) is 0 Å². The van der Waals surface area contributed by atoms with Gasteiger partial charge in [-0.15, -0.1) is 0 Å². The molecule has 2 aliphatic rings. The first kappa shape index (κ1) is 14.1. The number of carbonyl (C=O) groups is 2. The van der Waals surface area contributed by atoms with Gasteiger partial charge in [0.15, 0.2) is 0 Å². The molecule has 1 aromatic rings. The van der Waals surface area contributed by atoms with Crippen LogP contribution < -0.4 is 16.0 Å². The van der Waals surface area contributed by atoms with Crippen LogP contribution in [0.3, 0.4) is 0 Å². The fourth-order valence-electron chi connectivity index (χ4n) is 2.70. The molecule has 0 saturated heterocycles. The third-order valence-corrected chi connectivity index (χ3v) is 4.04. The molecule has 1 unspecified atom stereocenters. The summed E-state index contributed by atoms with van der Waals surface area (Å²) in [6.45, 7) is 1.78. The van der Waals surface area contributed by atoms with E-state index in [-0.39, 0.29) is 23.8 Å². The second-order valence-electron chi connectivity index (χ2n) is 5.69. The summed E-state index contributed by atoms with van der Waals surface area (Å²) in [5.74, 6) is 0.306. The Hall–Kier alpha value is -1.88. The minimum Gasteiger partial charge on any atom is -0.354 e. The van der Waals surface area contributed by atoms with Crippen molar-refractivity contribution in [1.29, 1.82) is 0 Å². The molecule has 5 nitrogen and oxygen atoms in total. The molecule has 1 fully saturated rings. The van der Waals surface area contributed by atoms with Gasteiger partial charge in [-0.2, -0.15) is 0 Å². The molecular weight excluding hydrogens is 266 g/mol. The van der Waals surface area contributed by atoms with E-state index in [1.54, 1.807) is 0 Å². The van der Waals surface area contributed by atoms with Crippen molar-refractivity contribution >= 4 is 11.8 Å².